The van der Waals surface area contributed by atoms with E-state index < -0.39 is 0 Å². The molecule has 0 unspecified atom stereocenters. The average Bonchev–Trinajstić information content (AvgIpc) is 2.39. The molecule has 1 saturated heterocycles. The van der Waals surface area contributed by atoms with Crippen molar-refractivity contribution in [3.05, 3.63) is 0 Å². The van der Waals surface area contributed by atoms with Crippen molar-refractivity contribution in [2.75, 3.05) is 13.1 Å². The Labute approximate surface area is 87.7 Å². The number of hydrogen-bond acceptors (Lipinski definition) is 1. The molecule has 0 aromatic carbocycles. The zero-order valence-corrected chi connectivity index (χ0v) is 9.43. The molecule has 0 bridgehead atoms. The zero-order chi connectivity index (χ0) is 10.2. The third-order valence-corrected chi connectivity index (χ3v) is 2.95. The van der Waals surface area contributed by atoms with E-state index in [4.69, 9.17) is 0 Å². The number of carbonyl (C=O) groups is 1. The topological polar surface area (TPSA) is 20.3 Å². The summed E-state index contributed by atoms with van der Waals surface area (Å²) in [7, 11) is 0. The van der Waals surface area contributed by atoms with Crippen molar-refractivity contribution >= 4 is 5.91 Å². The molecule has 0 aromatic rings. The predicted octanol–water partition coefficient (Wildman–Crippen LogP) is 2.97. The van der Waals surface area contributed by atoms with Crippen LogP contribution in [0.4, 0.5) is 0 Å². The van der Waals surface area contributed by atoms with Gasteiger partial charge in [0, 0.05) is 19.5 Å². The van der Waals surface area contributed by atoms with Crippen molar-refractivity contribution in [1.82, 2.24) is 4.90 Å². The molecule has 0 aromatic heterocycles. The lowest BCUT2D eigenvalue weighted by Crippen LogP contribution is -2.31. The van der Waals surface area contributed by atoms with Crippen LogP contribution in [0.25, 0.3) is 0 Å². The molecule has 1 aliphatic heterocycles. The van der Waals surface area contributed by atoms with Gasteiger partial charge < -0.3 is 4.90 Å². The van der Waals surface area contributed by atoms with Crippen molar-refractivity contribution < 1.29 is 4.79 Å². The van der Waals surface area contributed by atoms with Gasteiger partial charge in [0.1, 0.15) is 0 Å². The van der Waals surface area contributed by atoms with Crippen molar-refractivity contribution in [3.8, 4) is 0 Å². The fraction of sp³-hybridized carbons (Fsp3) is 0.917. The Hall–Kier alpha value is -0.530. The van der Waals surface area contributed by atoms with Gasteiger partial charge in [0.05, 0.1) is 0 Å². The summed E-state index contributed by atoms with van der Waals surface area (Å²) in [6.07, 6.45) is 9.38. The molecular weight excluding hydrogens is 174 g/mol. The van der Waals surface area contributed by atoms with Crippen LogP contribution >= 0.6 is 0 Å². The van der Waals surface area contributed by atoms with Crippen LogP contribution in [0.3, 0.4) is 0 Å². The molecule has 0 radical (unpaired) electrons. The Morgan fingerprint density at radius 3 is 2.79 bits per heavy atom. The number of unbranched alkanes of at least 4 members (excludes halogenated alkanes) is 3. The van der Waals surface area contributed by atoms with Crippen molar-refractivity contribution in [3.63, 3.8) is 0 Å². The number of amides is 1. The van der Waals surface area contributed by atoms with E-state index in [1.54, 1.807) is 0 Å². The molecule has 2 heteroatoms. The van der Waals surface area contributed by atoms with E-state index in [0.29, 0.717) is 5.91 Å². The van der Waals surface area contributed by atoms with Crippen LogP contribution in [0.1, 0.15) is 58.3 Å². The van der Waals surface area contributed by atoms with Gasteiger partial charge >= 0.3 is 0 Å². The molecule has 0 N–H and O–H groups in total. The van der Waals surface area contributed by atoms with Gasteiger partial charge in [-0.05, 0) is 19.3 Å². The summed E-state index contributed by atoms with van der Waals surface area (Å²) in [5.74, 6) is 0.388. The normalized spacial score (nSPS) is 18.4. The molecule has 1 aliphatic rings. The van der Waals surface area contributed by atoms with Gasteiger partial charge in [-0.25, -0.2) is 0 Å². The summed E-state index contributed by atoms with van der Waals surface area (Å²) in [6.45, 7) is 4.22. The van der Waals surface area contributed by atoms with E-state index in [1.165, 1.54) is 38.5 Å². The second-order valence-electron chi connectivity index (χ2n) is 4.25. The summed E-state index contributed by atoms with van der Waals surface area (Å²) in [6, 6.07) is 0. The van der Waals surface area contributed by atoms with Crippen LogP contribution < -0.4 is 0 Å². The third-order valence-electron chi connectivity index (χ3n) is 2.95. The van der Waals surface area contributed by atoms with E-state index in [1.807, 2.05) is 0 Å². The molecule has 14 heavy (non-hydrogen) atoms. The SMILES string of the molecule is CCCCCCN1CCCCCC1=O. The van der Waals surface area contributed by atoms with Crippen LogP contribution in [-0.4, -0.2) is 23.9 Å². The van der Waals surface area contributed by atoms with Gasteiger partial charge in [0.15, 0.2) is 0 Å². The van der Waals surface area contributed by atoms with Crippen LogP contribution in [0.15, 0.2) is 0 Å². The highest BCUT2D eigenvalue weighted by Gasteiger charge is 2.15. The van der Waals surface area contributed by atoms with Gasteiger partial charge in [0.25, 0.3) is 0 Å². The molecular formula is C12H23NO. The number of carbonyl (C=O) groups excluding carboxylic acids is 1. The maximum absolute atomic E-state index is 11.6. The Morgan fingerprint density at radius 1 is 1.14 bits per heavy atom. The first-order valence-electron chi connectivity index (χ1n) is 6.12. The molecule has 1 amide bonds. The molecule has 0 aliphatic carbocycles. The predicted molar refractivity (Wildman–Crippen MR) is 59.2 cm³/mol. The van der Waals surface area contributed by atoms with Crippen molar-refractivity contribution in [1.29, 1.82) is 0 Å². The van der Waals surface area contributed by atoms with E-state index in [-0.39, 0.29) is 0 Å². The van der Waals surface area contributed by atoms with Gasteiger partial charge in [-0.15, -0.1) is 0 Å². The molecule has 82 valence electrons. The fourth-order valence-corrected chi connectivity index (χ4v) is 2.00. The summed E-state index contributed by atoms with van der Waals surface area (Å²) in [5, 5.41) is 0. The lowest BCUT2D eigenvalue weighted by Gasteiger charge is -2.20. The number of nitrogens with zero attached hydrogens (tertiary/aromatic N) is 1. The van der Waals surface area contributed by atoms with E-state index in [2.05, 4.69) is 11.8 Å². The minimum atomic E-state index is 0.388. The molecule has 1 fully saturated rings. The summed E-state index contributed by atoms with van der Waals surface area (Å²) in [5.41, 5.74) is 0. The van der Waals surface area contributed by atoms with Gasteiger partial charge in [0.2, 0.25) is 5.91 Å². The summed E-state index contributed by atoms with van der Waals surface area (Å²) in [4.78, 5) is 13.7. The van der Waals surface area contributed by atoms with Crippen LogP contribution in [0, 0.1) is 0 Å². The van der Waals surface area contributed by atoms with E-state index in [9.17, 15) is 4.79 Å². The minimum absolute atomic E-state index is 0.388. The smallest absolute Gasteiger partial charge is 0.222 e. The van der Waals surface area contributed by atoms with Crippen LogP contribution in [-0.2, 0) is 4.79 Å². The monoisotopic (exact) mass is 197 g/mol. The molecule has 1 rings (SSSR count). The number of hydrogen-bond donors (Lipinski definition) is 0. The standard InChI is InChI=1S/C12H23NO/c1-2-3-4-7-10-13-11-8-5-6-9-12(13)14/h2-11H2,1H3. The maximum Gasteiger partial charge on any atom is 0.222 e. The van der Waals surface area contributed by atoms with E-state index >= 15 is 0 Å². The highest BCUT2D eigenvalue weighted by molar-refractivity contribution is 5.76. The zero-order valence-electron chi connectivity index (χ0n) is 9.43. The molecule has 1 heterocycles. The summed E-state index contributed by atoms with van der Waals surface area (Å²) >= 11 is 0. The Balaban J connectivity index is 2.16. The summed E-state index contributed by atoms with van der Waals surface area (Å²) < 4.78 is 0. The van der Waals surface area contributed by atoms with E-state index in [0.717, 1.165) is 25.9 Å². The lowest BCUT2D eigenvalue weighted by molar-refractivity contribution is -0.130. The van der Waals surface area contributed by atoms with Crippen LogP contribution in [0.5, 0.6) is 0 Å². The van der Waals surface area contributed by atoms with Crippen molar-refractivity contribution in [2.24, 2.45) is 0 Å². The largest absolute Gasteiger partial charge is 0.343 e. The first-order chi connectivity index (χ1) is 6.84. The Bertz CT molecular complexity index is 168. The van der Waals surface area contributed by atoms with Gasteiger partial charge in [-0.1, -0.05) is 32.6 Å². The lowest BCUT2D eigenvalue weighted by atomic mass is 10.2. The second-order valence-corrected chi connectivity index (χ2v) is 4.25. The highest BCUT2D eigenvalue weighted by atomic mass is 16.2. The molecule has 0 spiro atoms. The maximum atomic E-state index is 11.6. The molecule has 2 nitrogen and oxygen atoms in total. The molecule has 0 saturated carbocycles. The van der Waals surface area contributed by atoms with Crippen molar-refractivity contribution in [2.45, 2.75) is 58.3 Å². The average molecular weight is 197 g/mol. The van der Waals surface area contributed by atoms with Crippen LogP contribution in [0.2, 0.25) is 0 Å². The fourth-order valence-electron chi connectivity index (χ4n) is 2.00. The Kier molecular flexibility index (Phi) is 5.65. The first-order valence-corrected chi connectivity index (χ1v) is 6.12. The number of likely N-dealkylation sites (tertiary alicyclic amines) is 1. The number of rotatable bonds is 5. The van der Waals surface area contributed by atoms with Gasteiger partial charge in [-0.2, -0.15) is 0 Å². The third kappa shape index (κ3) is 4.12. The quantitative estimate of drug-likeness (QED) is 0.620. The first kappa shape index (κ1) is 11.5. The Morgan fingerprint density at radius 2 is 2.00 bits per heavy atom. The minimum Gasteiger partial charge on any atom is -0.343 e. The second kappa shape index (κ2) is 6.86. The molecule has 0 atom stereocenters. The highest BCUT2D eigenvalue weighted by Crippen LogP contribution is 2.12. The van der Waals surface area contributed by atoms with Gasteiger partial charge in [-0.3, -0.25) is 4.79 Å².